The van der Waals surface area contributed by atoms with E-state index in [4.69, 9.17) is 0 Å². The number of amides is 1. The first-order chi connectivity index (χ1) is 14.4. The van der Waals surface area contributed by atoms with Crippen LogP contribution in [-0.2, 0) is 21.4 Å². The first kappa shape index (κ1) is 24.2. The smallest absolute Gasteiger partial charge is 0.255 e. The van der Waals surface area contributed by atoms with E-state index in [1.807, 2.05) is 30.3 Å². The molecule has 0 saturated heterocycles. The number of nitrogens with one attached hydrogen (secondary N) is 1. The van der Waals surface area contributed by atoms with E-state index in [2.05, 4.69) is 40.3 Å². The highest BCUT2D eigenvalue weighted by atomic mass is 79.9. The number of nitrogens with zero attached hydrogens (tertiary/aromatic N) is 2. The third kappa shape index (κ3) is 7.34. The Labute approximate surface area is 187 Å². The molecule has 1 N–H and O–H groups in total. The molecule has 2 rings (SSSR count). The van der Waals surface area contributed by atoms with E-state index in [0.29, 0.717) is 0 Å². The van der Waals surface area contributed by atoms with Crippen molar-refractivity contribution in [3.05, 3.63) is 64.6 Å². The van der Waals surface area contributed by atoms with E-state index >= 15 is 0 Å². The first-order valence-electron chi connectivity index (χ1n) is 10.0. The van der Waals surface area contributed by atoms with Crippen LogP contribution < -0.4 is 5.43 Å². The summed E-state index contributed by atoms with van der Waals surface area (Å²) in [5.74, 6) is -0.462. The lowest BCUT2D eigenvalue weighted by molar-refractivity contribution is -0.121. The number of carbonyl (C=O) groups is 1. The van der Waals surface area contributed by atoms with Crippen LogP contribution in [-0.4, -0.2) is 30.9 Å². The van der Waals surface area contributed by atoms with Gasteiger partial charge >= 0.3 is 0 Å². The van der Waals surface area contributed by atoms with Gasteiger partial charge in [-0.3, -0.25) is 4.79 Å². The van der Waals surface area contributed by atoms with Crippen LogP contribution in [0.4, 0.5) is 0 Å². The molecule has 30 heavy (non-hydrogen) atoms. The van der Waals surface area contributed by atoms with Crippen molar-refractivity contribution in [3.63, 3.8) is 0 Å². The van der Waals surface area contributed by atoms with Crippen molar-refractivity contribution in [2.24, 2.45) is 5.10 Å². The molecular formula is C22H28BrN3O3S. The number of sulfonamides is 1. The summed E-state index contributed by atoms with van der Waals surface area (Å²) >= 11 is 3.32. The normalized spacial score (nSPS) is 11.3. The summed E-state index contributed by atoms with van der Waals surface area (Å²) in [6.07, 6.45) is 3.48. The minimum absolute atomic E-state index is 0.0904. The Morgan fingerprint density at radius 2 is 1.60 bits per heavy atom. The third-order valence-corrected chi connectivity index (χ3v) is 6.72. The molecule has 2 aromatic carbocycles. The van der Waals surface area contributed by atoms with Crippen LogP contribution in [0.5, 0.6) is 0 Å². The van der Waals surface area contributed by atoms with Gasteiger partial charge in [0.15, 0.2) is 0 Å². The van der Waals surface area contributed by atoms with Gasteiger partial charge in [0, 0.05) is 16.7 Å². The minimum Gasteiger partial charge on any atom is -0.272 e. The SMILES string of the molecule is CCCC(CCC)=NNC(=O)CN(Cc1ccccc1)S(=O)(=O)c1ccc(Br)cc1. The molecular weight excluding hydrogens is 466 g/mol. The molecule has 0 spiro atoms. The van der Waals surface area contributed by atoms with Gasteiger partial charge in [-0.2, -0.15) is 9.41 Å². The van der Waals surface area contributed by atoms with E-state index in [9.17, 15) is 13.2 Å². The number of rotatable bonds is 11. The second-order valence-corrected chi connectivity index (χ2v) is 9.78. The van der Waals surface area contributed by atoms with Crippen molar-refractivity contribution in [2.75, 3.05) is 6.54 Å². The number of hydrogen-bond acceptors (Lipinski definition) is 4. The summed E-state index contributed by atoms with van der Waals surface area (Å²) in [6, 6.07) is 15.6. The topological polar surface area (TPSA) is 78.8 Å². The van der Waals surface area contributed by atoms with Crippen LogP contribution >= 0.6 is 15.9 Å². The van der Waals surface area contributed by atoms with Gasteiger partial charge in [0.1, 0.15) is 0 Å². The monoisotopic (exact) mass is 493 g/mol. The maximum atomic E-state index is 13.2. The fourth-order valence-corrected chi connectivity index (χ4v) is 4.57. The number of benzene rings is 2. The third-order valence-electron chi connectivity index (χ3n) is 4.39. The number of hydrogen-bond donors (Lipinski definition) is 1. The summed E-state index contributed by atoms with van der Waals surface area (Å²) in [5.41, 5.74) is 4.25. The molecule has 0 aliphatic heterocycles. The van der Waals surface area contributed by atoms with Gasteiger partial charge in [-0.05, 0) is 42.7 Å². The number of hydrazone groups is 1. The highest BCUT2D eigenvalue weighted by Crippen LogP contribution is 2.20. The maximum Gasteiger partial charge on any atom is 0.255 e. The van der Waals surface area contributed by atoms with E-state index < -0.39 is 15.9 Å². The van der Waals surface area contributed by atoms with Crippen molar-refractivity contribution >= 4 is 37.6 Å². The molecule has 162 valence electrons. The lowest BCUT2D eigenvalue weighted by atomic mass is 10.1. The second kappa shape index (κ2) is 12.0. The molecule has 0 aliphatic carbocycles. The Morgan fingerprint density at radius 3 is 2.17 bits per heavy atom. The fourth-order valence-electron chi connectivity index (χ4n) is 2.92. The van der Waals surface area contributed by atoms with Crippen molar-refractivity contribution in [3.8, 4) is 0 Å². The van der Waals surface area contributed by atoms with Gasteiger partial charge in [0.05, 0.1) is 11.4 Å². The zero-order valence-electron chi connectivity index (χ0n) is 17.3. The summed E-state index contributed by atoms with van der Waals surface area (Å²) in [4.78, 5) is 12.7. The van der Waals surface area contributed by atoms with Gasteiger partial charge in [-0.25, -0.2) is 13.8 Å². The van der Waals surface area contributed by atoms with Crippen LogP contribution in [0.3, 0.4) is 0 Å². The molecule has 0 fully saturated rings. The molecule has 0 saturated carbocycles. The van der Waals surface area contributed by atoms with Crippen molar-refractivity contribution in [2.45, 2.75) is 51.0 Å². The molecule has 0 heterocycles. The Bertz CT molecular complexity index is 937. The summed E-state index contributed by atoms with van der Waals surface area (Å²) < 4.78 is 28.4. The quantitative estimate of drug-likeness (QED) is 0.363. The average molecular weight is 494 g/mol. The molecule has 0 radical (unpaired) electrons. The number of carbonyl (C=O) groups excluding carboxylic acids is 1. The van der Waals surface area contributed by atoms with Crippen molar-refractivity contribution < 1.29 is 13.2 Å². The van der Waals surface area contributed by atoms with Crippen LogP contribution in [0.15, 0.2) is 69.1 Å². The molecule has 0 bridgehead atoms. The standard InChI is InChI=1S/C22H28BrN3O3S/c1-3-8-20(9-4-2)24-25-22(27)17-26(16-18-10-6-5-7-11-18)30(28,29)21-14-12-19(23)13-15-21/h5-7,10-15H,3-4,8-9,16-17H2,1-2H3,(H,25,27). The van der Waals surface area contributed by atoms with E-state index in [1.54, 1.807) is 12.1 Å². The Hall–Kier alpha value is -2.03. The van der Waals surface area contributed by atoms with Gasteiger partial charge in [-0.1, -0.05) is 73.0 Å². The first-order valence-corrected chi connectivity index (χ1v) is 12.2. The molecule has 2 aromatic rings. The van der Waals surface area contributed by atoms with Crippen LogP contribution in [0, 0.1) is 0 Å². The molecule has 8 heteroatoms. The lowest BCUT2D eigenvalue weighted by Gasteiger charge is -2.21. The molecule has 0 atom stereocenters. The molecule has 6 nitrogen and oxygen atoms in total. The Balaban J connectivity index is 2.24. The largest absolute Gasteiger partial charge is 0.272 e. The summed E-state index contributed by atoms with van der Waals surface area (Å²) in [7, 11) is -3.87. The van der Waals surface area contributed by atoms with Gasteiger partial charge in [0.25, 0.3) is 5.91 Å². The van der Waals surface area contributed by atoms with Crippen LogP contribution in [0.1, 0.15) is 45.1 Å². The van der Waals surface area contributed by atoms with Crippen molar-refractivity contribution in [1.82, 2.24) is 9.73 Å². The highest BCUT2D eigenvalue weighted by molar-refractivity contribution is 9.10. The number of halogens is 1. The van der Waals surface area contributed by atoms with E-state index in [-0.39, 0.29) is 18.0 Å². The maximum absolute atomic E-state index is 13.2. The zero-order valence-corrected chi connectivity index (χ0v) is 19.7. The lowest BCUT2D eigenvalue weighted by Crippen LogP contribution is -2.39. The van der Waals surface area contributed by atoms with Gasteiger partial charge in [-0.15, -0.1) is 0 Å². The van der Waals surface area contributed by atoms with E-state index in [0.717, 1.165) is 41.4 Å². The predicted molar refractivity (Wildman–Crippen MR) is 124 cm³/mol. The Morgan fingerprint density at radius 1 is 1.00 bits per heavy atom. The molecule has 0 aromatic heterocycles. The van der Waals surface area contributed by atoms with Crippen LogP contribution in [0.25, 0.3) is 0 Å². The predicted octanol–water partition coefficient (Wildman–Crippen LogP) is 4.71. The highest BCUT2D eigenvalue weighted by Gasteiger charge is 2.27. The van der Waals surface area contributed by atoms with Crippen molar-refractivity contribution in [1.29, 1.82) is 0 Å². The fraction of sp³-hybridized carbons (Fsp3) is 0.364. The van der Waals surface area contributed by atoms with E-state index in [1.165, 1.54) is 16.4 Å². The molecule has 0 aliphatic rings. The summed E-state index contributed by atoms with van der Waals surface area (Å²) in [5, 5.41) is 4.22. The van der Waals surface area contributed by atoms with Gasteiger partial charge < -0.3 is 0 Å². The zero-order chi connectivity index (χ0) is 22.0. The second-order valence-electron chi connectivity index (χ2n) is 6.93. The molecule has 0 unspecified atom stereocenters. The van der Waals surface area contributed by atoms with Crippen LogP contribution in [0.2, 0.25) is 0 Å². The van der Waals surface area contributed by atoms with Gasteiger partial charge in [0.2, 0.25) is 10.0 Å². The summed E-state index contributed by atoms with van der Waals surface area (Å²) in [6.45, 7) is 3.88. The molecule has 1 amide bonds. The average Bonchev–Trinajstić information content (AvgIpc) is 2.73. The Kier molecular flexibility index (Phi) is 9.68. The minimum atomic E-state index is -3.87.